The molecule has 0 fully saturated rings. The number of benzene rings is 1. The Labute approximate surface area is 125 Å². The minimum Gasteiger partial charge on any atom is -0.326 e. The molecule has 0 radical (unpaired) electrons. The molecule has 2 aromatic rings. The van der Waals surface area contributed by atoms with Crippen molar-refractivity contribution in [2.24, 2.45) is 5.73 Å². The SMILES string of the molecule is NCc1csc(S(=O)(=O)Nc2cc(Cl)cc(Cl)c2)c1. The Balaban J connectivity index is 2.30. The third kappa shape index (κ3) is 3.61. The predicted octanol–water partition coefficient (Wildman–Crippen LogP) is 3.31. The molecule has 0 unspecified atom stereocenters. The summed E-state index contributed by atoms with van der Waals surface area (Å²) >= 11 is 12.7. The number of anilines is 1. The Hall–Kier alpha value is -0.790. The van der Waals surface area contributed by atoms with Crippen LogP contribution in [0.25, 0.3) is 0 Å². The summed E-state index contributed by atoms with van der Waals surface area (Å²) in [6.45, 7) is 0.301. The van der Waals surface area contributed by atoms with E-state index < -0.39 is 10.0 Å². The number of thiophene rings is 1. The van der Waals surface area contributed by atoms with Gasteiger partial charge < -0.3 is 5.73 Å². The Morgan fingerprint density at radius 3 is 2.32 bits per heavy atom. The van der Waals surface area contributed by atoms with Gasteiger partial charge in [-0.2, -0.15) is 0 Å². The van der Waals surface area contributed by atoms with E-state index in [0.29, 0.717) is 22.3 Å². The molecule has 3 N–H and O–H groups in total. The van der Waals surface area contributed by atoms with E-state index in [2.05, 4.69) is 4.72 Å². The van der Waals surface area contributed by atoms with Crippen molar-refractivity contribution in [3.63, 3.8) is 0 Å². The highest BCUT2D eigenvalue weighted by Crippen LogP contribution is 2.26. The molecule has 0 aliphatic rings. The monoisotopic (exact) mass is 336 g/mol. The van der Waals surface area contributed by atoms with Gasteiger partial charge in [-0.05, 0) is 35.2 Å². The van der Waals surface area contributed by atoms with Crippen molar-refractivity contribution in [3.05, 3.63) is 45.3 Å². The molecule has 19 heavy (non-hydrogen) atoms. The normalized spacial score (nSPS) is 11.5. The minimum atomic E-state index is -3.64. The molecule has 1 aromatic heterocycles. The first-order chi connectivity index (χ1) is 8.90. The Bertz CT molecular complexity index is 678. The van der Waals surface area contributed by atoms with Crippen LogP contribution in [0.1, 0.15) is 5.56 Å². The van der Waals surface area contributed by atoms with Gasteiger partial charge in [-0.1, -0.05) is 23.2 Å². The van der Waals surface area contributed by atoms with Gasteiger partial charge in [0.2, 0.25) is 0 Å². The summed E-state index contributed by atoms with van der Waals surface area (Å²) in [6.07, 6.45) is 0. The molecule has 0 saturated heterocycles. The van der Waals surface area contributed by atoms with Crippen LogP contribution in [0.4, 0.5) is 5.69 Å². The van der Waals surface area contributed by atoms with E-state index in [1.54, 1.807) is 11.4 Å². The Morgan fingerprint density at radius 2 is 1.79 bits per heavy atom. The van der Waals surface area contributed by atoms with Crippen molar-refractivity contribution in [3.8, 4) is 0 Å². The second kappa shape index (κ2) is 5.68. The van der Waals surface area contributed by atoms with E-state index >= 15 is 0 Å². The molecule has 102 valence electrons. The van der Waals surface area contributed by atoms with Crippen LogP contribution in [0.3, 0.4) is 0 Å². The van der Waals surface area contributed by atoms with Gasteiger partial charge in [-0.25, -0.2) is 8.42 Å². The third-order valence-corrected chi connectivity index (χ3v) is 5.55. The lowest BCUT2D eigenvalue weighted by molar-refractivity contribution is 0.603. The molecule has 0 aliphatic heterocycles. The quantitative estimate of drug-likeness (QED) is 0.899. The van der Waals surface area contributed by atoms with Gasteiger partial charge >= 0.3 is 0 Å². The summed E-state index contributed by atoms with van der Waals surface area (Å²) in [5.74, 6) is 0. The second-order valence-corrected chi connectivity index (χ2v) is 7.44. The zero-order valence-electron chi connectivity index (χ0n) is 9.56. The largest absolute Gasteiger partial charge is 0.326 e. The van der Waals surface area contributed by atoms with E-state index in [4.69, 9.17) is 28.9 Å². The van der Waals surface area contributed by atoms with Gasteiger partial charge in [-0.15, -0.1) is 11.3 Å². The maximum absolute atomic E-state index is 12.1. The molecule has 1 heterocycles. The van der Waals surface area contributed by atoms with Gasteiger partial charge in [0.05, 0.1) is 5.69 Å². The fourth-order valence-electron chi connectivity index (χ4n) is 1.42. The van der Waals surface area contributed by atoms with Crippen molar-refractivity contribution in [1.82, 2.24) is 0 Å². The molecule has 1 aromatic carbocycles. The van der Waals surface area contributed by atoms with Crippen molar-refractivity contribution in [2.75, 3.05) is 4.72 Å². The number of nitrogens with two attached hydrogens (primary N) is 1. The fraction of sp³-hybridized carbons (Fsp3) is 0.0909. The second-order valence-electron chi connectivity index (χ2n) is 3.74. The summed E-state index contributed by atoms with van der Waals surface area (Å²) in [5, 5.41) is 2.43. The fourth-order valence-corrected chi connectivity index (χ4v) is 4.21. The Kier molecular flexibility index (Phi) is 4.37. The topological polar surface area (TPSA) is 72.2 Å². The number of rotatable bonds is 4. The van der Waals surface area contributed by atoms with Gasteiger partial charge in [0.25, 0.3) is 10.0 Å². The lowest BCUT2D eigenvalue weighted by Gasteiger charge is -2.07. The molecule has 8 heteroatoms. The van der Waals surface area contributed by atoms with E-state index in [0.717, 1.165) is 16.9 Å². The maximum atomic E-state index is 12.1. The molecule has 0 bridgehead atoms. The van der Waals surface area contributed by atoms with E-state index in [1.807, 2.05) is 0 Å². The smallest absolute Gasteiger partial charge is 0.271 e. The highest BCUT2D eigenvalue weighted by atomic mass is 35.5. The standard InChI is InChI=1S/C11H10Cl2N2O2S2/c12-8-2-9(13)4-10(3-8)15-19(16,17)11-1-7(5-14)6-18-11/h1-4,6,15H,5,14H2. The van der Waals surface area contributed by atoms with Gasteiger partial charge in [0, 0.05) is 16.6 Å². The van der Waals surface area contributed by atoms with Crippen LogP contribution in [0.15, 0.2) is 33.9 Å². The van der Waals surface area contributed by atoms with Gasteiger partial charge in [0.1, 0.15) is 4.21 Å². The first kappa shape index (κ1) is 14.6. The van der Waals surface area contributed by atoms with Crippen molar-refractivity contribution in [1.29, 1.82) is 0 Å². The summed E-state index contributed by atoms with van der Waals surface area (Å²) in [7, 11) is -3.64. The lowest BCUT2D eigenvalue weighted by Crippen LogP contribution is -2.11. The van der Waals surface area contributed by atoms with Crippen LogP contribution in [0.2, 0.25) is 10.0 Å². The number of hydrogen-bond donors (Lipinski definition) is 2. The summed E-state index contributed by atoms with van der Waals surface area (Å²) in [5.41, 5.74) is 6.55. The lowest BCUT2D eigenvalue weighted by atomic mass is 10.3. The van der Waals surface area contributed by atoms with Crippen molar-refractivity contribution >= 4 is 50.2 Å². The molecule has 2 rings (SSSR count). The zero-order chi connectivity index (χ0) is 14.0. The van der Waals surface area contributed by atoms with Crippen molar-refractivity contribution in [2.45, 2.75) is 10.8 Å². The highest BCUT2D eigenvalue weighted by molar-refractivity contribution is 7.94. The number of halogens is 2. The number of nitrogens with one attached hydrogen (secondary N) is 1. The summed E-state index contributed by atoms with van der Waals surface area (Å²) in [4.78, 5) is 0. The first-order valence-electron chi connectivity index (χ1n) is 5.17. The van der Waals surface area contributed by atoms with Crippen LogP contribution < -0.4 is 10.5 Å². The molecular weight excluding hydrogens is 327 g/mol. The number of sulfonamides is 1. The maximum Gasteiger partial charge on any atom is 0.271 e. The molecular formula is C11H10Cl2N2O2S2. The van der Waals surface area contributed by atoms with Crippen LogP contribution in [0, 0.1) is 0 Å². The zero-order valence-corrected chi connectivity index (χ0v) is 12.7. The molecule has 4 nitrogen and oxygen atoms in total. The molecule has 0 spiro atoms. The van der Waals surface area contributed by atoms with Crippen LogP contribution in [-0.2, 0) is 16.6 Å². The predicted molar refractivity (Wildman–Crippen MR) is 79.5 cm³/mol. The number of hydrogen-bond acceptors (Lipinski definition) is 4. The van der Waals surface area contributed by atoms with Crippen LogP contribution in [0.5, 0.6) is 0 Å². The average Bonchev–Trinajstić information content (AvgIpc) is 2.75. The minimum absolute atomic E-state index is 0.198. The third-order valence-electron chi connectivity index (χ3n) is 2.25. The van der Waals surface area contributed by atoms with Crippen molar-refractivity contribution < 1.29 is 8.42 Å². The van der Waals surface area contributed by atoms with Crippen LogP contribution >= 0.6 is 34.5 Å². The van der Waals surface area contributed by atoms with Crippen LogP contribution in [-0.4, -0.2) is 8.42 Å². The first-order valence-corrected chi connectivity index (χ1v) is 8.29. The average molecular weight is 337 g/mol. The van der Waals surface area contributed by atoms with E-state index in [1.165, 1.54) is 18.2 Å². The van der Waals surface area contributed by atoms with E-state index in [9.17, 15) is 8.42 Å². The molecule has 0 amide bonds. The molecule has 0 aliphatic carbocycles. The molecule has 0 saturated carbocycles. The van der Waals surface area contributed by atoms with Gasteiger partial charge in [0.15, 0.2) is 0 Å². The summed E-state index contributed by atoms with van der Waals surface area (Å²) < 4.78 is 26.9. The molecule has 0 atom stereocenters. The Morgan fingerprint density at radius 1 is 1.16 bits per heavy atom. The van der Waals surface area contributed by atoms with E-state index in [-0.39, 0.29) is 4.21 Å². The van der Waals surface area contributed by atoms with Gasteiger partial charge in [-0.3, -0.25) is 4.72 Å². The highest BCUT2D eigenvalue weighted by Gasteiger charge is 2.17. The summed E-state index contributed by atoms with van der Waals surface area (Å²) in [6, 6.07) is 6.04.